The van der Waals surface area contributed by atoms with Crippen molar-refractivity contribution in [2.24, 2.45) is 5.92 Å². The van der Waals surface area contributed by atoms with E-state index in [1.807, 2.05) is 6.07 Å². The minimum absolute atomic E-state index is 0.705. The number of ether oxygens (including phenoxy) is 1. The average Bonchev–Trinajstić information content (AvgIpc) is 2.46. The van der Waals surface area contributed by atoms with E-state index in [1.54, 1.807) is 7.11 Å². The van der Waals surface area contributed by atoms with Crippen LogP contribution in [0.15, 0.2) is 42.5 Å². The highest BCUT2D eigenvalue weighted by atomic mass is 16.5. The lowest BCUT2D eigenvalue weighted by molar-refractivity contribution is 0.412. The van der Waals surface area contributed by atoms with E-state index in [0.717, 1.165) is 30.0 Å². The number of benzene rings is 2. The van der Waals surface area contributed by atoms with Crippen LogP contribution in [0.4, 0.5) is 5.69 Å². The summed E-state index contributed by atoms with van der Waals surface area (Å²) in [5.74, 6) is 1.63. The van der Waals surface area contributed by atoms with Crippen LogP contribution in [-0.2, 0) is 13.0 Å². The van der Waals surface area contributed by atoms with E-state index in [4.69, 9.17) is 4.74 Å². The molecule has 2 nitrogen and oxygen atoms in total. The highest BCUT2D eigenvalue weighted by Crippen LogP contribution is 2.21. The summed E-state index contributed by atoms with van der Waals surface area (Å²) in [5.41, 5.74) is 4.99. The summed E-state index contributed by atoms with van der Waals surface area (Å²) in [6, 6.07) is 15.1. The summed E-state index contributed by atoms with van der Waals surface area (Å²) in [4.78, 5) is 0. The molecule has 2 heteroatoms. The van der Waals surface area contributed by atoms with Crippen LogP contribution in [0.2, 0.25) is 0 Å². The Morgan fingerprint density at radius 1 is 1.00 bits per heavy atom. The molecule has 0 heterocycles. The fourth-order valence-electron chi connectivity index (χ4n) is 2.46. The first-order valence-corrected chi connectivity index (χ1v) is 7.55. The molecule has 112 valence electrons. The van der Waals surface area contributed by atoms with E-state index in [9.17, 15) is 0 Å². The maximum Gasteiger partial charge on any atom is 0.121 e. The molecule has 0 aromatic heterocycles. The number of aryl methyl sites for hydroxylation is 1. The minimum atomic E-state index is 0.705. The Hall–Kier alpha value is -1.96. The highest BCUT2D eigenvalue weighted by molar-refractivity contribution is 5.51. The lowest BCUT2D eigenvalue weighted by Gasteiger charge is -2.11. The van der Waals surface area contributed by atoms with Crippen LogP contribution in [0.1, 0.15) is 30.5 Å². The zero-order valence-electron chi connectivity index (χ0n) is 13.4. The summed E-state index contributed by atoms with van der Waals surface area (Å²) in [7, 11) is 1.70. The van der Waals surface area contributed by atoms with Crippen molar-refractivity contribution in [2.75, 3.05) is 12.4 Å². The van der Waals surface area contributed by atoms with E-state index in [0.29, 0.717) is 5.92 Å². The summed E-state index contributed by atoms with van der Waals surface area (Å²) in [6.45, 7) is 7.40. The smallest absolute Gasteiger partial charge is 0.121 e. The molecule has 0 aliphatic heterocycles. The quantitative estimate of drug-likeness (QED) is 0.821. The van der Waals surface area contributed by atoms with Crippen molar-refractivity contribution in [3.05, 3.63) is 59.2 Å². The van der Waals surface area contributed by atoms with Gasteiger partial charge < -0.3 is 10.1 Å². The van der Waals surface area contributed by atoms with Crippen LogP contribution >= 0.6 is 0 Å². The van der Waals surface area contributed by atoms with Crippen molar-refractivity contribution in [2.45, 2.75) is 33.7 Å². The first-order valence-electron chi connectivity index (χ1n) is 7.55. The Labute approximate surface area is 128 Å². The van der Waals surface area contributed by atoms with Gasteiger partial charge in [-0.2, -0.15) is 0 Å². The Bertz CT molecular complexity index is 573. The van der Waals surface area contributed by atoms with E-state index in [1.165, 1.54) is 11.1 Å². The number of nitrogens with one attached hydrogen (secondary N) is 1. The molecule has 2 aromatic carbocycles. The first kappa shape index (κ1) is 15.4. The predicted molar refractivity (Wildman–Crippen MR) is 90.0 cm³/mol. The second kappa shape index (κ2) is 7.16. The van der Waals surface area contributed by atoms with Gasteiger partial charge in [-0.05, 0) is 54.2 Å². The third-order valence-electron chi connectivity index (χ3n) is 3.56. The van der Waals surface area contributed by atoms with Crippen molar-refractivity contribution in [3.63, 3.8) is 0 Å². The topological polar surface area (TPSA) is 21.3 Å². The molecule has 0 fully saturated rings. The van der Waals surface area contributed by atoms with Crippen LogP contribution in [0, 0.1) is 12.8 Å². The molecule has 21 heavy (non-hydrogen) atoms. The van der Waals surface area contributed by atoms with Gasteiger partial charge >= 0.3 is 0 Å². The Morgan fingerprint density at radius 3 is 2.24 bits per heavy atom. The summed E-state index contributed by atoms with van der Waals surface area (Å²) in [6.07, 6.45) is 1.14. The van der Waals surface area contributed by atoms with Crippen LogP contribution in [0.25, 0.3) is 0 Å². The van der Waals surface area contributed by atoms with Crippen molar-refractivity contribution >= 4 is 5.69 Å². The van der Waals surface area contributed by atoms with E-state index in [-0.39, 0.29) is 0 Å². The summed E-state index contributed by atoms with van der Waals surface area (Å²) in [5, 5.41) is 3.46. The van der Waals surface area contributed by atoms with Gasteiger partial charge in [0.2, 0.25) is 0 Å². The molecule has 0 aliphatic carbocycles. The molecule has 0 spiro atoms. The Balaban J connectivity index is 1.95. The van der Waals surface area contributed by atoms with E-state index >= 15 is 0 Å². The lowest BCUT2D eigenvalue weighted by Crippen LogP contribution is -2.01. The van der Waals surface area contributed by atoms with Gasteiger partial charge in [-0.1, -0.05) is 38.1 Å². The van der Waals surface area contributed by atoms with Gasteiger partial charge in [-0.3, -0.25) is 0 Å². The molecule has 0 saturated heterocycles. The van der Waals surface area contributed by atoms with Crippen molar-refractivity contribution in [1.29, 1.82) is 0 Å². The van der Waals surface area contributed by atoms with Crippen molar-refractivity contribution in [3.8, 4) is 5.75 Å². The third-order valence-corrected chi connectivity index (χ3v) is 3.56. The molecule has 0 radical (unpaired) electrons. The second-order valence-corrected chi connectivity index (χ2v) is 5.95. The average molecular weight is 283 g/mol. The van der Waals surface area contributed by atoms with Crippen molar-refractivity contribution < 1.29 is 4.74 Å². The second-order valence-electron chi connectivity index (χ2n) is 5.95. The minimum Gasteiger partial charge on any atom is -0.496 e. The highest BCUT2D eigenvalue weighted by Gasteiger charge is 2.01. The van der Waals surface area contributed by atoms with Gasteiger partial charge in [-0.15, -0.1) is 0 Å². The van der Waals surface area contributed by atoms with Gasteiger partial charge in [0.25, 0.3) is 0 Å². The fourth-order valence-corrected chi connectivity index (χ4v) is 2.46. The molecular formula is C19H25NO. The molecule has 2 rings (SSSR count). The maximum absolute atomic E-state index is 5.28. The van der Waals surface area contributed by atoms with E-state index in [2.05, 4.69) is 62.5 Å². The van der Waals surface area contributed by atoms with Crippen molar-refractivity contribution in [1.82, 2.24) is 0 Å². The molecule has 2 aromatic rings. The van der Waals surface area contributed by atoms with Crippen LogP contribution in [-0.4, -0.2) is 7.11 Å². The number of rotatable bonds is 6. The molecule has 0 unspecified atom stereocenters. The monoisotopic (exact) mass is 283 g/mol. The summed E-state index contributed by atoms with van der Waals surface area (Å²) >= 11 is 0. The normalized spacial score (nSPS) is 10.7. The molecule has 1 N–H and O–H groups in total. The number of methoxy groups -OCH3 is 1. The third kappa shape index (κ3) is 4.52. The zero-order valence-corrected chi connectivity index (χ0v) is 13.4. The number of hydrogen-bond donors (Lipinski definition) is 1. The SMILES string of the molecule is COc1ccc(NCc2ccc(CC(C)C)cc2)cc1C. The molecule has 0 aliphatic rings. The predicted octanol–water partition coefficient (Wildman–Crippen LogP) is 4.81. The van der Waals surface area contributed by atoms with E-state index < -0.39 is 0 Å². The van der Waals surface area contributed by atoms with Crippen LogP contribution in [0.5, 0.6) is 5.75 Å². The zero-order chi connectivity index (χ0) is 15.2. The molecule has 0 atom stereocenters. The molecule has 0 bridgehead atoms. The number of hydrogen-bond acceptors (Lipinski definition) is 2. The molecular weight excluding hydrogens is 258 g/mol. The van der Waals surface area contributed by atoms with Crippen LogP contribution < -0.4 is 10.1 Å². The Kier molecular flexibility index (Phi) is 5.26. The standard InChI is InChI=1S/C19H25NO/c1-14(2)11-16-5-7-17(8-6-16)13-20-18-9-10-19(21-4)15(3)12-18/h5-10,12,14,20H,11,13H2,1-4H3. The molecule has 0 amide bonds. The van der Waals surface area contributed by atoms with Crippen LogP contribution in [0.3, 0.4) is 0 Å². The lowest BCUT2D eigenvalue weighted by atomic mass is 10.0. The maximum atomic E-state index is 5.28. The fraction of sp³-hybridized carbons (Fsp3) is 0.368. The summed E-state index contributed by atoms with van der Waals surface area (Å²) < 4.78 is 5.28. The molecule has 0 saturated carbocycles. The largest absolute Gasteiger partial charge is 0.496 e. The van der Waals surface area contributed by atoms with Gasteiger partial charge in [0, 0.05) is 12.2 Å². The van der Waals surface area contributed by atoms with Gasteiger partial charge in [0.1, 0.15) is 5.75 Å². The Morgan fingerprint density at radius 2 is 1.67 bits per heavy atom. The van der Waals surface area contributed by atoms with Gasteiger partial charge in [-0.25, -0.2) is 0 Å². The number of anilines is 1. The first-order chi connectivity index (χ1) is 10.1. The van der Waals surface area contributed by atoms with Gasteiger partial charge in [0.05, 0.1) is 7.11 Å². The van der Waals surface area contributed by atoms with Gasteiger partial charge in [0.15, 0.2) is 0 Å².